The van der Waals surface area contributed by atoms with Gasteiger partial charge in [-0.2, -0.15) is 5.10 Å². The lowest BCUT2D eigenvalue weighted by Crippen LogP contribution is -2.36. The minimum atomic E-state index is -0.195. The van der Waals surface area contributed by atoms with Crippen molar-refractivity contribution < 1.29 is 4.74 Å². The average molecular weight is 265 g/mol. The van der Waals surface area contributed by atoms with Crippen LogP contribution in [0.15, 0.2) is 6.07 Å². The first-order valence-corrected chi connectivity index (χ1v) is 7.16. The fourth-order valence-corrected chi connectivity index (χ4v) is 3.46. The quantitative estimate of drug-likeness (QED) is 0.914. The van der Waals surface area contributed by atoms with Crippen LogP contribution >= 0.6 is 0 Å². The van der Waals surface area contributed by atoms with Crippen LogP contribution in [0, 0.1) is 12.8 Å². The number of nitrogens with two attached hydrogens (primary N) is 1. The number of hydrogen-bond acceptors (Lipinski definition) is 3. The summed E-state index contributed by atoms with van der Waals surface area (Å²) in [5.74, 6) is 0.309. The summed E-state index contributed by atoms with van der Waals surface area (Å²) in [6.07, 6.45) is 0.981. The third-order valence-corrected chi connectivity index (χ3v) is 4.15. The van der Waals surface area contributed by atoms with E-state index in [4.69, 9.17) is 10.5 Å². The van der Waals surface area contributed by atoms with Crippen LogP contribution in [-0.4, -0.2) is 21.0 Å². The summed E-state index contributed by atoms with van der Waals surface area (Å²) < 4.78 is 8.18. The molecular formula is C15H27N3O. The van der Waals surface area contributed by atoms with Crippen molar-refractivity contribution in [3.63, 3.8) is 0 Å². The second-order valence-corrected chi connectivity index (χ2v) is 6.83. The van der Waals surface area contributed by atoms with Gasteiger partial charge in [-0.1, -0.05) is 0 Å². The first kappa shape index (κ1) is 14.5. The zero-order chi connectivity index (χ0) is 14.4. The van der Waals surface area contributed by atoms with Gasteiger partial charge >= 0.3 is 0 Å². The highest BCUT2D eigenvalue weighted by molar-refractivity contribution is 5.16. The number of aryl methyl sites for hydroxylation is 2. The third kappa shape index (κ3) is 2.70. The molecule has 0 aliphatic carbocycles. The smallest absolute Gasteiger partial charge is 0.0681 e. The Balaban J connectivity index is 2.31. The van der Waals surface area contributed by atoms with Crippen molar-refractivity contribution in [2.45, 2.75) is 71.8 Å². The Morgan fingerprint density at radius 1 is 1.47 bits per heavy atom. The maximum Gasteiger partial charge on any atom is 0.0681 e. The van der Waals surface area contributed by atoms with Crippen molar-refractivity contribution in [2.24, 2.45) is 11.7 Å². The molecule has 0 bridgehead atoms. The Morgan fingerprint density at radius 2 is 2.11 bits per heavy atom. The van der Waals surface area contributed by atoms with Crippen molar-refractivity contribution in [2.75, 3.05) is 0 Å². The van der Waals surface area contributed by atoms with Gasteiger partial charge in [0.25, 0.3) is 0 Å². The van der Waals surface area contributed by atoms with Gasteiger partial charge in [-0.3, -0.25) is 4.68 Å². The Hall–Kier alpha value is -0.870. The lowest BCUT2D eigenvalue weighted by molar-refractivity contribution is -0.0769. The molecule has 0 radical (unpaired) electrons. The maximum absolute atomic E-state index is 6.55. The van der Waals surface area contributed by atoms with Gasteiger partial charge in [0.1, 0.15) is 0 Å². The van der Waals surface area contributed by atoms with E-state index in [1.54, 1.807) is 0 Å². The molecular weight excluding hydrogens is 238 g/mol. The summed E-state index contributed by atoms with van der Waals surface area (Å²) in [4.78, 5) is 0. The first-order valence-electron chi connectivity index (χ1n) is 7.16. The lowest BCUT2D eigenvalue weighted by atomic mass is 9.80. The SMILES string of the molecule is CCn1nc(C)cc1C(N)C1CC(C)(C)OC1(C)C. The van der Waals surface area contributed by atoms with Gasteiger partial charge in [-0.25, -0.2) is 0 Å². The molecule has 108 valence electrons. The summed E-state index contributed by atoms with van der Waals surface area (Å²) in [7, 11) is 0. The van der Waals surface area contributed by atoms with Crippen LogP contribution in [0.5, 0.6) is 0 Å². The number of hydrogen-bond donors (Lipinski definition) is 1. The van der Waals surface area contributed by atoms with E-state index in [0.717, 1.165) is 24.4 Å². The van der Waals surface area contributed by atoms with E-state index in [9.17, 15) is 0 Å². The Bertz CT molecular complexity index is 462. The van der Waals surface area contributed by atoms with Crippen LogP contribution in [0.4, 0.5) is 0 Å². The molecule has 4 heteroatoms. The molecule has 0 aromatic carbocycles. The number of ether oxygens (including phenoxy) is 1. The molecule has 19 heavy (non-hydrogen) atoms. The Kier molecular flexibility index (Phi) is 3.52. The molecule has 1 saturated heterocycles. The second kappa shape index (κ2) is 4.60. The predicted octanol–water partition coefficient (Wildman–Crippen LogP) is 2.80. The van der Waals surface area contributed by atoms with Gasteiger partial charge in [-0.15, -0.1) is 0 Å². The van der Waals surface area contributed by atoms with Gasteiger partial charge in [0.2, 0.25) is 0 Å². The molecule has 1 aliphatic heterocycles. The first-order chi connectivity index (χ1) is 8.66. The minimum Gasteiger partial charge on any atom is -0.369 e. The largest absolute Gasteiger partial charge is 0.369 e. The van der Waals surface area contributed by atoms with Crippen LogP contribution in [0.2, 0.25) is 0 Å². The number of rotatable bonds is 3. The van der Waals surface area contributed by atoms with Gasteiger partial charge in [0.05, 0.1) is 28.6 Å². The molecule has 2 N–H and O–H groups in total. The van der Waals surface area contributed by atoms with Gasteiger partial charge in [0, 0.05) is 12.5 Å². The Morgan fingerprint density at radius 3 is 2.58 bits per heavy atom. The van der Waals surface area contributed by atoms with E-state index in [0.29, 0.717) is 5.92 Å². The number of aromatic nitrogens is 2. The van der Waals surface area contributed by atoms with E-state index in [-0.39, 0.29) is 17.2 Å². The van der Waals surface area contributed by atoms with Crippen molar-refractivity contribution in [1.82, 2.24) is 9.78 Å². The minimum absolute atomic E-state index is 0.0297. The van der Waals surface area contributed by atoms with E-state index in [1.165, 1.54) is 0 Å². The molecule has 0 spiro atoms. The van der Waals surface area contributed by atoms with Gasteiger partial charge in [-0.05, 0) is 54.0 Å². The van der Waals surface area contributed by atoms with Crippen LogP contribution in [-0.2, 0) is 11.3 Å². The normalized spacial score (nSPS) is 26.6. The van der Waals surface area contributed by atoms with Crippen LogP contribution in [0.25, 0.3) is 0 Å². The van der Waals surface area contributed by atoms with Crippen molar-refractivity contribution in [3.8, 4) is 0 Å². The highest BCUT2D eigenvalue weighted by Crippen LogP contribution is 2.46. The average Bonchev–Trinajstić information content (AvgIpc) is 2.74. The fourth-order valence-electron chi connectivity index (χ4n) is 3.46. The monoisotopic (exact) mass is 265 g/mol. The summed E-state index contributed by atoms with van der Waals surface area (Å²) in [5, 5.41) is 4.50. The standard InChI is InChI=1S/C15H27N3O/c1-7-18-12(8-10(2)17-18)13(16)11-9-14(3,4)19-15(11,5)6/h8,11,13H,7,9,16H2,1-6H3. The van der Waals surface area contributed by atoms with Crippen molar-refractivity contribution >= 4 is 0 Å². The molecule has 1 aliphatic rings. The van der Waals surface area contributed by atoms with Gasteiger partial charge < -0.3 is 10.5 Å². The number of nitrogens with zero attached hydrogens (tertiary/aromatic N) is 2. The molecule has 2 rings (SSSR count). The van der Waals surface area contributed by atoms with Crippen molar-refractivity contribution in [1.29, 1.82) is 0 Å². The molecule has 0 saturated carbocycles. The molecule has 1 aromatic rings. The predicted molar refractivity (Wildman–Crippen MR) is 76.9 cm³/mol. The highest BCUT2D eigenvalue weighted by atomic mass is 16.5. The summed E-state index contributed by atoms with van der Waals surface area (Å²) in [6.45, 7) is 13.5. The molecule has 4 nitrogen and oxygen atoms in total. The van der Waals surface area contributed by atoms with E-state index >= 15 is 0 Å². The Labute approximate surface area is 116 Å². The molecule has 2 atom stereocenters. The molecule has 1 aromatic heterocycles. The fraction of sp³-hybridized carbons (Fsp3) is 0.800. The lowest BCUT2D eigenvalue weighted by Gasteiger charge is -2.31. The highest BCUT2D eigenvalue weighted by Gasteiger charge is 2.49. The topological polar surface area (TPSA) is 53.1 Å². The van der Waals surface area contributed by atoms with E-state index in [1.807, 2.05) is 11.6 Å². The van der Waals surface area contributed by atoms with E-state index < -0.39 is 0 Å². The molecule has 2 unspecified atom stereocenters. The second-order valence-electron chi connectivity index (χ2n) is 6.83. The molecule has 0 amide bonds. The van der Waals surface area contributed by atoms with Crippen molar-refractivity contribution in [3.05, 3.63) is 17.5 Å². The maximum atomic E-state index is 6.55. The van der Waals surface area contributed by atoms with Gasteiger partial charge in [0.15, 0.2) is 0 Å². The van der Waals surface area contributed by atoms with E-state index in [2.05, 4.69) is 45.8 Å². The zero-order valence-electron chi connectivity index (χ0n) is 13.0. The van der Waals surface area contributed by atoms with Crippen LogP contribution < -0.4 is 5.73 Å². The zero-order valence-corrected chi connectivity index (χ0v) is 13.0. The summed E-state index contributed by atoms with van der Waals surface area (Å²) in [6, 6.07) is 2.08. The summed E-state index contributed by atoms with van der Waals surface area (Å²) >= 11 is 0. The summed E-state index contributed by atoms with van der Waals surface area (Å²) in [5.41, 5.74) is 8.41. The third-order valence-electron chi connectivity index (χ3n) is 4.15. The molecule has 2 heterocycles. The van der Waals surface area contributed by atoms with Crippen LogP contribution in [0.3, 0.4) is 0 Å². The molecule has 1 fully saturated rings. The van der Waals surface area contributed by atoms with Crippen LogP contribution in [0.1, 0.15) is 58.5 Å².